The third-order valence-electron chi connectivity index (χ3n) is 1.91. The van der Waals surface area contributed by atoms with E-state index in [-0.39, 0.29) is 17.8 Å². The molecule has 0 saturated heterocycles. The second kappa shape index (κ2) is 5.48. The molecule has 0 radical (unpaired) electrons. The molecule has 0 bridgehead atoms. The molecule has 0 aromatic carbocycles. The van der Waals surface area contributed by atoms with E-state index in [0.717, 1.165) is 6.20 Å². The van der Waals surface area contributed by atoms with Gasteiger partial charge in [0, 0.05) is 6.20 Å². The van der Waals surface area contributed by atoms with Gasteiger partial charge in [-0.25, -0.2) is 4.79 Å². The van der Waals surface area contributed by atoms with Crippen LogP contribution in [-0.2, 0) is 22.6 Å². The summed E-state index contributed by atoms with van der Waals surface area (Å²) in [6.07, 6.45) is -4.35. The number of rotatable bonds is 3. The second-order valence-corrected chi connectivity index (χ2v) is 3.44. The lowest BCUT2D eigenvalue weighted by Gasteiger charge is -2.06. The van der Waals surface area contributed by atoms with Gasteiger partial charge in [0.05, 0.1) is 18.7 Å². The zero-order chi connectivity index (χ0) is 13.8. The number of carbonyl (C=O) groups excluding carboxylic acids is 1. The summed E-state index contributed by atoms with van der Waals surface area (Å²) < 4.78 is 36.1. The van der Waals surface area contributed by atoms with Crippen molar-refractivity contribution in [1.82, 2.24) is 10.3 Å². The first-order chi connectivity index (χ1) is 8.28. The van der Waals surface area contributed by atoms with E-state index in [2.05, 4.69) is 4.98 Å². The molecule has 1 amide bonds. The van der Waals surface area contributed by atoms with Gasteiger partial charge < -0.3 is 10.4 Å². The van der Waals surface area contributed by atoms with Crippen LogP contribution in [0.25, 0.3) is 0 Å². The van der Waals surface area contributed by atoms with Gasteiger partial charge in [0.15, 0.2) is 0 Å². The molecule has 1 heterocycles. The minimum atomic E-state index is -4.30. The summed E-state index contributed by atoms with van der Waals surface area (Å²) in [4.78, 5) is 24.5. The normalized spacial score (nSPS) is 11.1. The predicted octanol–water partition coefficient (Wildman–Crippen LogP) is 0.887. The Bertz CT molecular complexity index is 443. The molecular weight excluding hydrogens is 253 g/mol. The number of aromatic nitrogens is 1. The van der Waals surface area contributed by atoms with E-state index in [1.807, 2.05) is 5.32 Å². The minimum Gasteiger partial charge on any atom is -0.474 e. The number of amides is 1. The largest absolute Gasteiger partial charge is 0.474 e. The van der Waals surface area contributed by atoms with Gasteiger partial charge in [-0.1, -0.05) is 6.07 Å². The standard InChI is InChI=1S/C10H9F3N2O3/c11-10(12,13)3-6-1-2-7(14-4-6)5-15-8(16)9(17)18/h1-2,4H,3,5H2,(H,15,16)(H,17,18). The number of aliphatic carboxylic acids is 1. The molecule has 1 aromatic rings. The van der Waals surface area contributed by atoms with Crippen LogP contribution in [0.5, 0.6) is 0 Å². The fraction of sp³-hybridized carbons (Fsp3) is 0.300. The van der Waals surface area contributed by atoms with Crippen LogP contribution in [0.3, 0.4) is 0 Å². The molecule has 0 aliphatic heterocycles. The van der Waals surface area contributed by atoms with Gasteiger partial charge in [-0.15, -0.1) is 0 Å². The number of carbonyl (C=O) groups is 2. The van der Waals surface area contributed by atoms with Crippen molar-refractivity contribution in [1.29, 1.82) is 0 Å². The molecule has 98 valence electrons. The van der Waals surface area contributed by atoms with E-state index in [1.54, 1.807) is 0 Å². The highest BCUT2D eigenvalue weighted by Gasteiger charge is 2.27. The maximum Gasteiger partial charge on any atom is 0.394 e. The van der Waals surface area contributed by atoms with Crippen molar-refractivity contribution < 1.29 is 27.9 Å². The summed E-state index contributed by atoms with van der Waals surface area (Å²) in [5.41, 5.74) is 0.270. The Morgan fingerprint density at radius 3 is 2.44 bits per heavy atom. The Kier molecular flexibility index (Phi) is 4.24. The SMILES string of the molecule is O=C(O)C(=O)NCc1ccc(CC(F)(F)F)cn1. The molecule has 0 spiro atoms. The van der Waals surface area contributed by atoms with Gasteiger partial charge >= 0.3 is 18.1 Å². The van der Waals surface area contributed by atoms with Crippen molar-refractivity contribution in [2.24, 2.45) is 0 Å². The molecule has 8 heteroatoms. The number of carboxylic acids is 1. The fourth-order valence-corrected chi connectivity index (χ4v) is 1.14. The fourth-order valence-electron chi connectivity index (χ4n) is 1.14. The van der Waals surface area contributed by atoms with Crippen LogP contribution in [0, 0.1) is 0 Å². The molecule has 0 aliphatic carbocycles. The lowest BCUT2D eigenvalue weighted by molar-refractivity contribution is -0.150. The van der Waals surface area contributed by atoms with E-state index in [1.165, 1.54) is 12.1 Å². The number of pyridine rings is 1. The molecule has 5 nitrogen and oxygen atoms in total. The van der Waals surface area contributed by atoms with Crippen molar-refractivity contribution in [2.45, 2.75) is 19.1 Å². The number of hydrogen-bond donors (Lipinski definition) is 2. The Morgan fingerprint density at radius 1 is 1.33 bits per heavy atom. The van der Waals surface area contributed by atoms with Crippen LogP contribution < -0.4 is 5.32 Å². The van der Waals surface area contributed by atoms with Gasteiger partial charge in [0.2, 0.25) is 0 Å². The van der Waals surface area contributed by atoms with E-state index in [9.17, 15) is 22.8 Å². The van der Waals surface area contributed by atoms with Crippen LogP contribution in [0.1, 0.15) is 11.3 Å². The zero-order valence-electron chi connectivity index (χ0n) is 8.99. The Labute approximate surface area is 99.6 Å². The lowest BCUT2D eigenvalue weighted by atomic mass is 10.2. The zero-order valence-corrected chi connectivity index (χ0v) is 8.99. The van der Waals surface area contributed by atoms with Crippen LogP contribution in [0.4, 0.5) is 13.2 Å². The van der Waals surface area contributed by atoms with Crippen molar-refractivity contribution in [3.63, 3.8) is 0 Å². The van der Waals surface area contributed by atoms with Crippen LogP contribution in [-0.4, -0.2) is 28.1 Å². The molecular formula is C10H9F3N2O3. The summed E-state index contributed by atoms with van der Waals surface area (Å²) in [7, 11) is 0. The van der Waals surface area contributed by atoms with Crippen molar-refractivity contribution in [3.05, 3.63) is 29.6 Å². The molecule has 0 aliphatic rings. The van der Waals surface area contributed by atoms with E-state index in [0.29, 0.717) is 0 Å². The number of carboxylic acid groups (broad SMARTS) is 1. The topological polar surface area (TPSA) is 79.3 Å². The van der Waals surface area contributed by atoms with Crippen LogP contribution >= 0.6 is 0 Å². The number of nitrogens with zero attached hydrogens (tertiary/aromatic N) is 1. The molecule has 0 unspecified atom stereocenters. The van der Waals surface area contributed by atoms with Crippen molar-refractivity contribution in [2.75, 3.05) is 0 Å². The Hall–Kier alpha value is -2.12. The average Bonchev–Trinajstić information content (AvgIpc) is 2.25. The average molecular weight is 262 g/mol. The molecule has 18 heavy (non-hydrogen) atoms. The number of nitrogens with one attached hydrogen (secondary N) is 1. The first-order valence-electron chi connectivity index (χ1n) is 4.79. The van der Waals surface area contributed by atoms with Gasteiger partial charge in [-0.05, 0) is 11.6 Å². The van der Waals surface area contributed by atoms with E-state index in [4.69, 9.17) is 5.11 Å². The highest BCUT2D eigenvalue weighted by molar-refractivity contribution is 6.31. The van der Waals surface area contributed by atoms with Gasteiger partial charge in [-0.2, -0.15) is 13.2 Å². The molecule has 1 aromatic heterocycles. The van der Waals surface area contributed by atoms with Gasteiger partial charge in [0.25, 0.3) is 0 Å². The number of alkyl halides is 3. The third kappa shape index (κ3) is 4.81. The molecule has 0 fully saturated rings. The van der Waals surface area contributed by atoms with E-state index < -0.39 is 24.5 Å². The Morgan fingerprint density at radius 2 is 2.00 bits per heavy atom. The van der Waals surface area contributed by atoms with Crippen LogP contribution in [0.15, 0.2) is 18.3 Å². The predicted molar refractivity (Wildman–Crippen MR) is 53.5 cm³/mol. The first-order valence-corrected chi connectivity index (χ1v) is 4.79. The molecule has 0 saturated carbocycles. The summed E-state index contributed by atoms with van der Waals surface area (Å²) in [5.74, 6) is -2.83. The van der Waals surface area contributed by atoms with Gasteiger partial charge in [-0.3, -0.25) is 9.78 Å². The van der Waals surface area contributed by atoms with Crippen molar-refractivity contribution in [3.8, 4) is 0 Å². The molecule has 0 atom stereocenters. The highest BCUT2D eigenvalue weighted by atomic mass is 19.4. The first kappa shape index (κ1) is 13.9. The summed E-state index contributed by atoms with van der Waals surface area (Å²) in [6.45, 7) is -0.155. The van der Waals surface area contributed by atoms with Crippen molar-refractivity contribution >= 4 is 11.9 Å². The lowest BCUT2D eigenvalue weighted by Crippen LogP contribution is -2.30. The summed E-state index contributed by atoms with van der Waals surface area (Å²) in [5, 5.41) is 10.3. The second-order valence-electron chi connectivity index (χ2n) is 3.44. The van der Waals surface area contributed by atoms with Crippen LogP contribution in [0.2, 0.25) is 0 Å². The van der Waals surface area contributed by atoms with Gasteiger partial charge in [0.1, 0.15) is 0 Å². The maximum absolute atomic E-state index is 12.0. The Balaban J connectivity index is 2.56. The third-order valence-corrected chi connectivity index (χ3v) is 1.91. The maximum atomic E-state index is 12.0. The minimum absolute atomic E-state index is 0.00388. The quantitative estimate of drug-likeness (QED) is 0.793. The number of hydrogen-bond acceptors (Lipinski definition) is 3. The highest BCUT2D eigenvalue weighted by Crippen LogP contribution is 2.20. The monoisotopic (exact) mass is 262 g/mol. The van der Waals surface area contributed by atoms with E-state index >= 15 is 0 Å². The molecule has 1 rings (SSSR count). The number of halogens is 3. The molecule has 2 N–H and O–H groups in total. The summed E-state index contributed by atoms with van der Waals surface area (Å²) >= 11 is 0. The smallest absolute Gasteiger partial charge is 0.394 e. The summed E-state index contributed by atoms with van der Waals surface area (Å²) in [6, 6.07) is 2.52.